The molecule has 7 heteroatoms. The van der Waals surface area contributed by atoms with Crippen molar-refractivity contribution in [3.63, 3.8) is 0 Å². The lowest BCUT2D eigenvalue weighted by Crippen LogP contribution is -2.11. The fourth-order valence-corrected chi connectivity index (χ4v) is 2.03. The third-order valence-electron chi connectivity index (χ3n) is 2.82. The molecule has 0 atom stereocenters. The first-order valence-electron chi connectivity index (χ1n) is 5.74. The summed E-state index contributed by atoms with van der Waals surface area (Å²) in [5.41, 5.74) is -0.838. The van der Waals surface area contributed by atoms with Crippen LogP contribution >= 0.6 is 11.6 Å². The van der Waals surface area contributed by atoms with Crippen molar-refractivity contribution >= 4 is 17.4 Å². The average Bonchev–Trinajstić information content (AvgIpc) is 2.36. The number of nitrogens with zero attached hydrogens (tertiary/aromatic N) is 1. The molecule has 0 N–H and O–H groups in total. The molecule has 0 radical (unpaired) electrons. The fourth-order valence-electron chi connectivity index (χ4n) is 1.79. The molecule has 21 heavy (non-hydrogen) atoms. The molecule has 0 unspecified atom stereocenters. The van der Waals surface area contributed by atoms with Crippen molar-refractivity contribution in [2.24, 2.45) is 0 Å². The summed E-state index contributed by atoms with van der Waals surface area (Å²) < 4.78 is 50.5. The van der Waals surface area contributed by atoms with E-state index in [4.69, 9.17) is 11.6 Å². The number of benzene rings is 1. The number of aryl methyl sites for hydroxylation is 1. The van der Waals surface area contributed by atoms with E-state index in [1.165, 1.54) is 13.0 Å². The highest BCUT2D eigenvalue weighted by Crippen LogP contribution is 2.30. The lowest BCUT2D eigenvalue weighted by Gasteiger charge is -2.09. The third kappa shape index (κ3) is 3.21. The van der Waals surface area contributed by atoms with Gasteiger partial charge in [-0.1, -0.05) is 11.6 Å². The lowest BCUT2D eigenvalue weighted by atomic mass is 10.00. The van der Waals surface area contributed by atoms with E-state index in [9.17, 15) is 22.4 Å². The van der Waals surface area contributed by atoms with E-state index in [0.717, 1.165) is 18.2 Å². The molecule has 0 amide bonds. The summed E-state index contributed by atoms with van der Waals surface area (Å²) in [6.45, 7) is 1.52. The number of pyridine rings is 1. The Labute approximate surface area is 122 Å². The molecule has 0 aliphatic heterocycles. The van der Waals surface area contributed by atoms with E-state index in [1.807, 2.05) is 0 Å². The number of carbonyl (C=O) groups is 1. The second-order valence-corrected chi connectivity index (χ2v) is 4.68. The van der Waals surface area contributed by atoms with E-state index in [0.29, 0.717) is 11.6 Å². The first-order valence-corrected chi connectivity index (χ1v) is 6.12. The van der Waals surface area contributed by atoms with Gasteiger partial charge in [0.25, 0.3) is 0 Å². The summed E-state index contributed by atoms with van der Waals surface area (Å²) in [6.07, 6.45) is -4.64. The SMILES string of the molecule is Cc1cc(F)ccc1C(=O)c1ccc(C(F)(F)F)nc1Cl. The van der Waals surface area contributed by atoms with Gasteiger partial charge < -0.3 is 0 Å². The largest absolute Gasteiger partial charge is 0.433 e. The van der Waals surface area contributed by atoms with Gasteiger partial charge in [-0.25, -0.2) is 9.37 Å². The molecule has 0 bridgehead atoms. The van der Waals surface area contributed by atoms with Gasteiger partial charge >= 0.3 is 6.18 Å². The number of aromatic nitrogens is 1. The van der Waals surface area contributed by atoms with Crippen molar-refractivity contribution < 1.29 is 22.4 Å². The normalized spacial score (nSPS) is 11.5. The van der Waals surface area contributed by atoms with Gasteiger partial charge in [0, 0.05) is 5.56 Å². The topological polar surface area (TPSA) is 30.0 Å². The van der Waals surface area contributed by atoms with Crippen LogP contribution in [0.2, 0.25) is 5.15 Å². The first kappa shape index (κ1) is 15.4. The van der Waals surface area contributed by atoms with E-state index < -0.39 is 28.6 Å². The summed E-state index contributed by atoms with van der Waals surface area (Å²) in [4.78, 5) is 15.4. The van der Waals surface area contributed by atoms with Crippen LogP contribution < -0.4 is 0 Å². The molecule has 0 aliphatic carbocycles. The molecular formula is C14H8ClF4NO. The van der Waals surface area contributed by atoms with E-state index in [-0.39, 0.29) is 11.1 Å². The van der Waals surface area contributed by atoms with Crippen LogP contribution in [-0.4, -0.2) is 10.8 Å². The van der Waals surface area contributed by atoms with Crippen LogP contribution in [0.3, 0.4) is 0 Å². The molecule has 0 saturated carbocycles. The fraction of sp³-hybridized carbons (Fsp3) is 0.143. The predicted octanol–water partition coefficient (Wildman–Crippen LogP) is 4.43. The summed E-state index contributed by atoms with van der Waals surface area (Å²) in [6, 6.07) is 5.13. The zero-order valence-corrected chi connectivity index (χ0v) is 11.4. The van der Waals surface area contributed by atoms with Gasteiger partial charge in [-0.3, -0.25) is 4.79 Å². The highest BCUT2D eigenvalue weighted by Gasteiger charge is 2.33. The van der Waals surface area contributed by atoms with Crippen molar-refractivity contribution in [3.05, 3.63) is 63.7 Å². The number of ketones is 1. The maximum absolute atomic E-state index is 13.0. The molecular weight excluding hydrogens is 310 g/mol. The van der Waals surface area contributed by atoms with E-state index in [1.54, 1.807) is 0 Å². The second kappa shape index (κ2) is 5.44. The minimum Gasteiger partial charge on any atom is -0.288 e. The van der Waals surface area contributed by atoms with Gasteiger partial charge in [0.1, 0.15) is 16.7 Å². The van der Waals surface area contributed by atoms with Crippen LogP contribution in [0.5, 0.6) is 0 Å². The number of rotatable bonds is 2. The zero-order chi connectivity index (χ0) is 15.8. The molecule has 2 aromatic rings. The van der Waals surface area contributed by atoms with Gasteiger partial charge in [0.2, 0.25) is 0 Å². The summed E-state index contributed by atoms with van der Waals surface area (Å²) >= 11 is 5.66. The minimum absolute atomic E-state index is 0.153. The van der Waals surface area contributed by atoms with Crippen LogP contribution in [-0.2, 0) is 6.18 Å². The molecule has 1 heterocycles. The molecule has 0 aliphatic rings. The molecule has 1 aromatic carbocycles. The monoisotopic (exact) mass is 317 g/mol. The average molecular weight is 318 g/mol. The molecule has 0 fully saturated rings. The maximum atomic E-state index is 13.0. The molecule has 110 valence electrons. The minimum atomic E-state index is -4.64. The zero-order valence-electron chi connectivity index (χ0n) is 10.6. The standard InChI is InChI=1S/C14H8ClF4NO/c1-7-6-8(16)2-3-9(7)12(21)10-4-5-11(14(17,18)19)20-13(10)15/h2-6H,1H3. The van der Waals surface area contributed by atoms with Crippen LogP contribution in [0.15, 0.2) is 30.3 Å². The van der Waals surface area contributed by atoms with Crippen LogP contribution in [0.1, 0.15) is 27.2 Å². The number of hydrogen-bond acceptors (Lipinski definition) is 2. The summed E-state index contributed by atoms with van der Waals surface area (Å²) in [5.74, 6) is -1.13. The maximum Gasteiger partial charge on any atom is 0.433 e. The van der Waals surface area contributed by atoms with Crippen LogP contribution in [0.4, 0.5) is 17.6 Å². The van der Waals surface area contributed by atoms with Gasteiger partial charge in [0.15, 0.2) is 5.78 Å². The van der Waals surface area contributed by atoms with Crippen LogP contribution in [0, 0.1) is 12.7 Å². The highest BCUT2D eigenvalue weighted by molar-refractivity contribution is 6.33. The van der Waals surface area contributed by atoms with Gasteiger partial charge in [0.05, 0.1) is 5.56 Å². The molecule has 2 nitrogen and oxygen atoms in total. The predicted molar refractivity (Wildman–Crippen MR) is 68.8 cm³/mol. The van der Waals surface area contributed by atoms with E-state index >= 15 is 0 Å². The Hall–Kier alpha value is -1.95. The first-order chi connectivity index (χ1) is 9.70. The van der Waals surface area contributed by atoms with Crippen molar-refractivity contribution in [1.82, 2.24) is 4.98 Å². The van der Waals surface area contributed by atoms with Gasteiger partial charge in [-0.15, -0.1) is 0 Å². The quantitative estimate of drug-likeness (QED) is 0.466. The Balaban J connectivity index is 2.45. The number of halogens is 5. The van der Waals surface area contributed by atoms with Crippen molar-refractivity contribution in [3.8, 4) is 0 Å². The van der Waals surface area contributed by atoms with Crippen molar-refractivity contribution in [2.45, 2.75) is 13.1 Å². The second-order valence-electron chi connectivity index (χ2n) is 4.32. The Kier molecular flexibility index (Phi) is 4.00. The summed E-state index contributed by atoms with van der Waals surface area (Å²) in [5, 5.41) is -0.543. The number of hydrogen-bond donors (Lipinski definition) is 0. The van der Waals surface area contributed by atoms with Crippen LogP contribution in [0.25, 0.3) is 0 Å². The Morgan fingerprint density at radius 1 is 1.14 bits per heavy atom. The Morgan fingerprint density at radius 2 is 1.76 bits per heavy atom. The van der Waals surface area contributed by atoms with Gasteiger partial charge in [-0.2, -0.15) is 13.2 Å². The number of alkyl halides is 3. The van der Waals surface area contributed by atoms with E-state index in [2.05, 4.69) is 4.98 Å². The van der Waals surface area contributed by atoms with Gasteiger partial charge in [-0.05, 0) is 42.8 Å². The Morgan fingerprint density at radius 3 is 2.29 bits per heavy atom. The highest BCUT2D eigenvalue weighted by atomic mass is 35.5. The number of carbonyl (C=O) groups excluding carboxylic acids is 1. The lowest BCUT2D eigenvalue weighted by molar-refractivity contribution is -0.141. The summed E-state index contributed by atoms with van der Waals surface area (Å²) in [7, 11) is 0. The molecule has 2 rings (SSSR count). The van der Waals surface area contributed by atoms with Crippen molar-refractivity contribution in [2.75, 3.05) is 0 Å². The molecule has 1 aromatic heterocycles. The smallest absolute Gasteiger partial charge is 0.288 e. The third-order valence-corrected chi connectivity index (χ3v) is 3.10. The Bertz CT molecular complexity index is 713. The molecule has 0 spiro atoms. The molecule has 0 saturated heterocycles. The van der Waals surface area contributed by atoms with Crippen molar-refractivity contribution in [1.29, 1.82) is 0 Å².